The minimum Gasteiger partial charge on any atom is -0.496 e. The number of methoxy groups -OCH3 is 6. The number of ether oxygens (including phenoxy) is 6. The van der Waals surface area contributed by atoms with Crippen molar-refractivity contribution in [3.63, 3.8) is 0 Å². The fraction of sp³-hybridized carbons (Fsp3) is 0.458. The number of hydrogen-bond acceptors (Lipinski definition) is 8. The van der Waals surface area contributed by atoms with Gasteiger partial charge in [-0.2, -0.15) is 0 Å². The summed E-state index contributed by atoms with van der Waals surface area (Å²) in [6, 6.07) is 6.08. The van der Waals surface area contributed by atoms with Crippen LogP contribution in [0.3, 0.4) is 0 Å². The summed E-state index contributed by atoms with van der Waals surface area (Å²) in [5.41, 5.74) is 1.50. The van der Waals surface area contributed by atoms with E-state index in [0.717, 1.165) is 17.5 Å². The number of carboxylic acids is 1. The van der Waals surface area contributed by atoms with Gasteiger partial charge >= 0.3 is 5.97 Å². The molecule has 2 aromatic carbocycles. The lowest BCUT2D eigenvalue weighted by Crippen LogP contribution is -2.39. The molecule has 2 atom stereocenters. The number of aliphatic carboxylic acids is 1. The van der Waals surface area contributed by atoms with Crippen LogP contribution in [0.15, 0.2) is 24.3 Å². The van der Waals surface area contributed by atoms with Gasteiger partial charge in [0.25, 0.3) is 0 Å². The van der Waals surface area contributed by atoms with E-state index in [0.29, 0.717) is 47.5 Å². The van der Waals surface area contributed by atoms with E-state index in [1.807, 2.05) is 23.1 Å². The van der Waals surface area contributed by atoms with Crippen LogP contribution < -0.4 is 28.4 Å². The molecule has 1 aliphatic heterocycles. The molecule has 1 aliphatic rings. The molecule has 0 saturated carbocycles. The molecule has 2 unspecified atom stereocenters. The number of carboxylic acid groups (broad SMARTS) is 1. The smallest absolute Gasteiger partial charge is 0.320 e. The molecule has 1 saturated heterocycles. The zero-order chi connectivity index (χ0) is 24.1. The number of benzene rings is 2. The molecule has 180 valence electrons. The van der Waals surface area contributed by atoms with E-state index in [1.54, 1.807) is 41.6 Å². The Hall–Kier alpha value is -3.33. The van der Waals surface area contributed by atoms with Crippen molar-refractivity contribution in [3.05, 3.63) is 35.4 Å². The largest absolute Gasteiger partial charge is 0.496 e. The summed E-state index contributed by atoms with van der Waals surface area (Å²) < 4.78 is 33.3. The molecule has 0 amide bonds. The van der Waals surface area contributed by atoms with Crippen LogP contribution in [0, 0.1) is 0 Å². The maximum absolute atomic E-state index is 12.1. The fourth-order valence-electron chi connectivity index (χ4n) is 4.44. The van der Waals surface area contributed by atoms with E-state index in [4.69, 9.17) is 28.4 Å². The van der Waals surface area contributed by atoms with Crippen LogP contribution in [0.1, 0.15) is 30.0 Å². The van der Waals surface area contributed by atoms with Crippen LogP contribution in [0.25, 0.3) is 0 Å². The van der Waals surface area contributed by atoms with Crippen molar-refractivity contribution in [2.75, 3.05) is 49.2 Å². The number of carbonyl (C=O) groups is 1. The highest BCUT2D eigenvalue weighted by Crippen LogP contribution is 2.47. The van der Waals surface area contributed by atoms with Gasteiger partial charge in [0.15, 0.2) is 23.0 Å². The average Bonchev–Trinajstić information content (AvgIpc) is 3.32. The molecule has 0 radical (unpaired) electrons. The molecule has 9 heteroatoms. The van der Waals surface area contributed by atoms with Crippen molar-refractivity contribution in [1.82, 2.24) is 4.90 Å². The van der Waals surface area contributed by atoms with E-state index in [-0.39, 0.29) is 0 Å². The lowest BCUT2D eigenvalue weighted by Gasteiger charge is -2.33. The average molecular weight is 462 g/mol. The van der Waals surface area contributed by atoms with Gasteiger partial charge in [-0.15, -0.1) is 0 Å². The van der Waals surface area contributed by atoms with Crippen LogP contribution in [-0.4, -0.2) is 71.2 Å². The Bertz CT molecular complexity index is 968. The fourth-order valence-corrected chi connectivity index (χ4v) is 4.44. The molecule has 1 heterocycles. The Morgan fingerprint density at radius 2 is 1.36 bits per heavy atom. The molecule has 9 nitrogen and oxygen atoms in total. The summed E-state index contributed by atoms with van der Waals surface area (Å²) in [6.07, 6.45) is 1.30. The summed E-state index contributed by atoms with van der Waals surface area (Å²) >= 11 is 0. The van der Waals surface area contributed by atoms with E-state index >= 15 is 0 Å². The third-order valence-electron chi connectivity index (χ3n) is 5.94. The second-order valence-electron chi connectivity index (χ2n) is 7.54. The topological polar surface area (TPSA) is 95.9 Å². The van der Waals surface area contributed by atoms with Crippen LogP contribution in [-0.2, 0) is 4.79 Å². The maximum Gasteiger partial charge on any atom is 0.320 e. The molecular weight excluding hydrogens is 430 g/mol. The van der Waals surface area contributed by atoms with Crippen molar-refractivity contribution < 1.29 is 38.3 Å². The highest BCUT2D eigenvalue weighted by atomic mass is 16.5. The zero-order valence-electron chi connectivity index (χ0n) is 19.8. The van der Waals surface area contributed by atoms with Gasteiger partial charge in [0.05, 0.1) is 48.7 Å². The predicted molar refractivity (Wildman–Crippen MR) is 121 cm³/mol. The van der Waals surface area contributed by atoms with E-state index in [2.05, 4.69) is 0 Å². The van der Waals surface area contributed by atoms with Gasteiger partial charge in [-0.1, -0.05) is 0 Å². The minimum absolute atomic E-state index is 0.456. The number of hydrogen-bond donors (Lipinski definition) is 1. The third kappa shape index (κ3) is 4.59. The van der Waals surface area contributed by atoms with Gasteiger partial charge in [0.1, 0.15) is 11.8 Å². The normalized spacial score (nSPS) is 16.7. The first-order chi connectivity index (χ1) is 15.9. The molecule has 1 fully saturated rings. The van der Waals surface area contributed by atoms with Gasteiger partial charge in [0, 0.05) is 18.2 Å². The Morgan fingerprint density at radius 1 is 0.818 bits per heavy atom. The Morgan fingerprint density at radius 3 is 1.85 bits per heavy atom. The summed E-state index contributed by atoms with van der Waals surface area (Å²) in [5, 5.41) is 9.93. The van der Waals surface area contributed by atoms with Crippen molar-refractivity contribution in [2.24, 2.45) is 0 Å². The first-order valence-corrected chi connectivity index (χ1v) is 10.5. The lowest BCUT2D eigenvalue weighted by atomic mass is 9.94. The quantitative estimate of drug-likeness (QED) is 0.571. The standard InChI is InChI=1S/C24H31NO8/c1-28-17-13-19(30-3)18(29-2)12-15(17)22(25-9-7-8-16(25)24(26)27)14-10-20(31-4)23(33-6)21(11-14)32-5/h10-13,16,22H,7-9H2,1-6H3,(H,26,27). The second-order valence-corrected chi connectivity index (χ2v) is 7.54. The van der Waals surface area contributed by atoms with Gasteiger partial charge in [-0.05, 0) is 36.6 Å². The maximum atomic E-state index is 12.1. The molecule has 3 rings (SSSR count). The van der Waals surface area contributed by atoms with Crippen LogP contribution >= 0.6 is 0 Å². The Balaban J connectivity index is 2.31. The minimum atomic E-state index is -0.871. The van der Waals surface area contributed by atoms with Crippen LogP contribution in [0.5, 0.6) is 34.5 Å². The van der Waals surface area contributed by atoms with Gasteiger partial charge in [0.2, 0.25) is 5.75 Å². The monoisotopic (exact) mass is 461 g/mol. The molecule has 33 heavy (non-hydrogen) atoms. The first-order valence-electron chi connectivity index (χ1n) is 10.5. The van der Waals surface area contributed by atoms with Crippen molar-refractivity contribution >= 4 is 5.97 Å². The summed E-state index contributed by atoms with van der Waals surface area (Å²) in [5.74, 6) is 2.10. The van der Waals surface area contributed by atoms with Crippen LogP contribution in [0.4, 0.5) is 0 Å². The molecule has 1 N–H and O–H groups in total. The van der Waals surface area contributed by atoms with E-state index < -0.39 is 18.1 Å². The van der Waals surface area contributed by atoms with Crippen molar-refractivity contribution in [2.45, 2.75) is 24.9 Å². The molecule has 2 aromatic rings. The molecule has 0 aliphatic carbocycles. The second kappa shape index (κ2) is 10.5. The summed E-state index contributed by atoms with van der Waals surface area (Å²) in [6.45, 7) is 0.593. The zero-order valence-corrected chi connectivity index (χ0v) is 19.8. The highest BCUT2D eigenvalue weighted by molar-refractivity contribution is 5.74. The Kier molecular flexibility index (Phi) is 7.75. The molecule has 0 aromatic heterocycles. The Labute approximate surface area is 193 Å². The van der Waals surface area contributed by atoms with Crippen LogP contribution in [0.2, 0.25) is 0 Å². The number of nitrogens with zero attached hydrogens (tertiary/aromatic N) is 1. The van der Waals surface area contributed by atoms with Gasteiger partial charge in [-0.3, -0.25) is 9.69 Å². The number of likely N-dealkylation sites (tertiary alicyclic amines) is 1. The lowest BCUT2D eigenvalue weighted by molar-refractivity contribution is -0.142. The van der Waals surface area contributed by atoms with Crippen molar-refractivity contribution in [1.29, 1.82) is 0 Å². The molecular formula is C24H31NO8. The van der Waals surface area contributed by atoms with E-state index in [1.165, 1.54) is 7.11 Å². The first kappa shape index (κ1) is 24.3. The highest BCUT2D eigenvalue weighted by Gasteiger charge is 2.39. The summed E-state index contributed by atoms with van der Waals surface area (Å²) in [4.78, 5) is 14.1. The predicted octanol–water partition coefficient (Wildman–Crippen LogP) is 3.38. The van der Waals surface area contributed by atoms with Gasteiger partial charge in [-0.25, -0.2) is 0 Å². The molecule has 0 bridgehead atoms. The van der Waals surface area contributed by atoms with Gasteiger partial charge < -0.3 is 33.5 Å². The van der Waals surface area contributed by atoms with E-state index in [9.17, 15) is 9.90 Å². The third-order valence-corrected chi connectivity index (χ3v) is 5.94. The summed E-state index contributed by atoms with van der Waals surface area (Å²) in [7, 11) is 9.30. The number of rotatable bonds is 10. The van der Waals surface area contributed by atoms with Crippen molar-refractivity contribution in [3.8, 4) is 34.5 Å². The molecule has 0 spiro atoms. The SMILES string of the molecule is COc1cc(OC)c(C(c2cc(OC)c(OC)c(OC)c2)N2CCCC2C(=O)O)cc1OC.